The van der Waals surface area contributed by atoms with Crippen molar-refractivity contribution in [1.82, 2.24) is 14.7 Å². The lowest BCUT2D eigenvalue weighted by atomic mass is 10.1. The Morgan fingerprint density at radius 2 is 1.91 bits per heavy atom. The largest absolute Gasteiger partial charge is 0.487 e. The summed E-state index contributed by atoms with van der Waals surface area (Å²) < 4.78 is 55.0. The summed E-state index contributed by atoms with van der Waals surface area (Å²) in [7, 11) is 0. The van der Waals surface area contributed by atoms with Crippen molar-refractivity contribution in [1.29, 1.82) is 0 Å². The van der Waals surface area contributed by atoms with Crippen LogP contribution in [0, 0.1) is 18.8 Å². The van der Waals surface area contributed by atoms with Gasteiger partial charge in [0, 0.05) is 11.1 Å². The van der Waals surface area contributed by atoms with Gasteiger partial charge in [0.2, 0.25) is 5.89 Å². The van der Waals surface area contributed by atoms with Crippen LogP contribution in [0.15, 0.2) is 67.3 Å². The van der Waals surface area contributed by atoms with E-state index in [0.29, 0.717) is 22.6 Å². The second-order valence-electron chi connectivity index (χ2n) is 7.62. The summed E-state index contributed by atoms with van der Waals surface area (Å²) in [4.78, 5) is 29.0. The van der Waals surface area contributed by atoms with Crippen molar-refractivity contribution in [3.63, 3.8) is 0 Å². The molecule has 1 atom stereocenters. The summed E-state index contributed by atoms with van der Waals surface area (Å²) in [5.74, 6) is 5.58. The van der Waals surface area contributed by atoms with Crippen LogP contribution in [0.25, 0.3) is 11.5 Å². The van der Waals surface area contributed by atoms with Gasteiger partial charge in [-0.1, -0.05) is 11.8 Å². The maximum atomic E-state index is 12.7. The molecule has 0 aliphatic carbocycles. The zero-order chi connectivity index (χ0) is 25.2. The van der Waals surface area contributed by atoms with E-state index in [1.54, 1.807) is 19.1 Å². The standard InChI is InChI=1S/C24H18F3N3O5/c1-14-9-16(4-3-15(2)30-22(31)29-23(32)35-30)11-20(10-14)33-12-19-13-34-21(28-19)17-5-7-18(8-6-17)24(25,26)27/h5-11,13,15H,12H2,1-2H3,(H,29,31,32). The fourth-order valence-corrected chi connectivity index (χ4v) is 3.17. The maximum absolute atomic E-state index is 12.7. The van der Waals surface area contributed by atoms with Crippen molar-refractivity contribution in [2.24, 2.45) is 0 Å². The molecular formula is C24H18F3N3O5. The highest BCUT2D eigenvalue weighted by Crippen LogP contribution is 2.31. The van der Waals surface area contributed by atoms with Crippen LogP contribution in [0.2, 0.25) is 0 Å². The van der Waals surface area contributed by atoms with Gasteiger partial charge in [-0.25, -0.2) is 19.6 Å². The first-order valence-corrected chi connectivity index (χ1v) is 10.3. The molecule has 0 saturated carbocycles. The van der Waals surface area contributed by atoms with E-state index in [4.69, 9.17) is 13.7 Å². The Kier molecular flexibility index (Phi) is 6.38. The van der Waals surface area contributed by atoms with E-state index >= 15 is 0 Å². The normalized spacial score (nSPS) is 12.1. The minimum absolute atomic E-state index is 0.0563. The molecule has 1 N–H and O–H groups in total. The van der Waals surface area contributed by atoms with E-state index in [0.717, 1.165) is 22.4 Å². The van der Waals surface area contributed by atoms with Crippen molar-refractivity contribution >= 4 is 0 Å². The number of nitrogens with one attached hydrogen (secondary N) is 1. The third-order valence-electron chi connectivity index (χ3n) is 4.82. The molecule has 1 unspecified atom stereocenters. The average Bonchev–Trinajstić information content (AvgIpc) is 3.41. The van der Waals surface area contributed by atoms with Gasteiger partial charge in [-0.15, -0.1) is 4.74 Å². The van der Waals surface area contributed by atoms with Crippen LogP contribution in [0.3, 0.4) is 0 Å². The molecule has 0 bridgehead atoms. The van der Waals surface area contributed by atoms with Gasteiger partial charge in [0.15, 0.2) is 0 Å². The van der Waals surface area contributed by atoms with Crippen LogP contribution in [-0.4, -0.2) is 14.7 Å². The van der Waals surface area contributed by atoms with Gasteiger partial charge < -0.3 is 13.7 Å². The molecule has 0 amide bonds. The summed E-state index contributed by atoms with van der Waals surface area (Å²) in [6, 6.07) is 9.14. The Morgan fingerprint density at radius 3 is 2.57 bits per heavy atom. The number of aromatic amines is 1. The number of alkyl halides is 3. The Labute approximate surface area is 195 Å². The van der Waals surface area contributed by atoms with Crippen molar-refractivity contribution in [3.8, 4) is 29.0 Å². The van der Waals surface area contributed by atoms with Crippen LogP contribution < -0.4 is 16.2 Å². The molecule has 11 heteroatoms. The van der Waals surface area contributed by atoms with Crippen LogP contribution in [-0.2, 0) is 12.8 Å². The van der Waals surface area contributed by atoms with Crippen molar-refractivity contribution < 1.29 is 26.8 Å². The van der Waals surface area contributed by atoms with Gasteiger partial charge in [-0.3, -0.25) is 0 Å². The second-order valence-corrected chi connectivity index (χ2v) is 7.62. The molecule has 0 aliphatic heterocycles. The second kappa shape index (κ2) is 9.42. The quantitative estimate of drug-likeness (QED) is 0.423. The first-order valence-electron chi connectivity index (χ1n) is 10.3. The van der Waals surface area contributed by atoms with Crippen LogP contribution in [0.5, 0.6) is 5.75 Å². The minimum Gasteiger partial charge on any atom is -0.487 e. The molecule has 0 saturated heterocycles. The molecule has 8 nitrogen and oxygen atoms in total. The Morgan fingerprint density at radius 1 is 1.17 bits per heavy atom. The number of rotatable bonds is 5. The molecule has 35 heavy (non-hydrogen) atoms. The molecule has 180 valence electrons. The first kappa shape index (κ1) is 23.7. The number of halogens is 3. The van der Waals surface area contributed by atoms with E-state index in [1.807, 2.05) is 18.0 Å². The number of hydrogen-bond acceptors (Lipinski definition) is 6. The lowest BCUT2D eigenvalue weighted by molar-refractivity contribution is -0.137. The SMILES string of the molecule is Cc1cc(C#CC(C)n2oc(=O)[nH]c2=O)cc(OCc2coc(-c3ccc(C(F)(F)F)cc3)n2)c1. The first-order chi connectivity index (χ1) is 16.6. The zero-order valence-electron chi connectivity index (χ0n) is 18.5. The van der Waals surface area contributed by atoms with E-state index in [1.165, 1.54) is 18.4 Å². The fraction of sp³-hybridized carbons (Fsp3) is 0.208. The number of ether oxygens (including phenoxy) is 1. The predicted molar refractivity (Wildman–Crippen MR) is 118 cm³/mol. The molecule has 2 aromatic heterocycles. The number of H-pyrrole nitrogens is 1. The molecule has 0 fully saturated rings. The lowest BCUT2D eigenvalue weighted by Gasteiger charge is -2.06. The lowest BCUT2D eigenvalue weighted by Crippen LogP contribution is -2.19. The Bertz CT molecular complexity index is 1510. The van der Waals surface area contributed by atoms with Crippen LogP contribution in [0.1, 0.15) is 35.3 Å². The van der Waals surface area contributed by atoms with E-state index in [2.05, 4.69) is 16.8 Å². The van der Waals surface area contributed by atoms with Crippen LogP contribution >= 0.6 is 0 Å². The zero-order valence-corrected chi connectivity index (χ0v) is 18.5. The number of aromatic nitrogens is 3. The van der Waals surface area contributed by atoms with Crippen molar-refractivity contribution in [2.45, 2.75) is 32.7 Å². The average molecular weight is 485 g/mol. The number of benzene rings is 2. The highest BCUT2D eigenvalue weighted by molar-refractivity contribution is 5.54. The Balaban J connectivity index is 1.44. The van der Waals surface area contributed by atoms with E-state index in [9.17, 15) is 22.8 Å². The highest BCUT2D eigenvalue weighted by Gasteiger charge is 2.30. The van der Waals surface area contributed by atoms with E-state index in [-0.39, 0.29) is 12.5 Å². The van der Waals surface area contributed by atoms with Gasteiger partial charge in [-0.05, 0) is 61.9 Å². The third-order valence-corrected chi connectivity index (χ3v) is 4.82. The fourth-order valence-electron chi connectivity index (χ4n) is 3.17. The summed E-state index contributed by atoms with van der Waals surface area (Å²) in [5, 5.41) is 0. The topological polar surface area (TPSA) is 103 Å². The molecule has 0 radical (unpaired) electrons. The molecular weight excluding hydrogens is 467 g/mol. The molecule has 0 spiro atoms. The summed E-state index contributed by atoms with van der Waals surface area (Å²) >= 11 is 0. The highest BCUT2D eigenvalue weighted by atomic mass is 19.4. The Hall–Kier alpha value is -4.46. The molecule has 0 aliphatic rings. The maximum Gasteiger partial charge on any atom is 0.440 e. The number of aryl methyl sites for hydroxylation is 1. The number of oxazole rings is 1. The van der Waals surface area contributed by atoms with Gasteiger partial charge in [-0.2, -0.15) is 13.2 Å². The molecule has 2 heterocycles. The van der Waals surface area contributed by atoms with Gasteiger partial charge in [0.25, 0.3) is 0 Å². The smallest absolute Gasteiger partial charge is 0.440 e. The third kappa shape index (κ3) is 5.73. The molecule has 4 aromatic rings. The predicted octanol–water partition coefficient (Wildman–Crippen LogP) is 4.30. The number of nitrogens with zero attached hydrogens (tertiary/aromatic N) is 2. The summed E-state index contributed by atoms with van der Waals surface area (Å²) in [6.07, 6.45) is -3.05. The summed E-state index contributed by atoms with van der Waals surface area (Å²) in [5.41, 5.74) is 0.898. The summed E-state index contributed by atoms with van der Waals surface area (Å²) in [6.45, 7) is 3.52. The van der Waals surface area contributed by atoms with Crippen molar-refractivity contribution in [3.05, 3.63) is 92.1 Å². The monoisotopic (exact) mass is 485 g/mol. The van der Waals surface area contributed by atoms with Crippen molar-refractivity contribution in [2.75, 3.05) is 0 Å². The van der Waals surface area contributed by atoms with Gasteiger partial charge >= 0.3 is 17.6 Å². The van der Waals surface area contributed by atoms with Gasteiger partial charge in [0.05, 0.1) is 5.56 Å². The minimum atomic E-state index is -4.42. The van der Waals surface area contributed by atoms with E-state index < -0.39 is 29.2 Å². The van der Waals surface area contributed by atoms with Crippen LogP contribution in [0.4, 0.5) is 13.2 Å². The number of hydrogen-bond donors (Lipinski definition) is 1. The molecule has 2 aromatic carbocycles. The molecule has 4 rings (SSSR count). The van der Waals surface area contributed by atoms with Gasteiger partial charge in [0.1, 0.15) is 30.4 Å².